The van der Waals surface area contributed by atoms with E-state index < -0.39 is 0 Å². The Kier molecular flexibility index (Phi) is 5.16. The molecule has 1 atom stereocenters. The summed E-state index contributed by atoms with van der Waals surface area (Å²) >= 11 is 7.06. The lowest BCUT2D eigenvalue weighted by molar-refractivity contribution is 0.0836. The number of hydrogen-bond acceptors (Lipinski definition) is 3. The first-order valence-corrected chi connectivity index (χ1v) is 8.52. The molecule has 0 unspecified atom stereocenters. The number of hydrogen-bond donors (Lipinski definition) is 2. The van der Waals surface area contributed by atoms with E-state index in [1.807, 2.05) is 12.1 Å². The van der Waals surface area contributed by atoms with Gasteiger partial charge in [-0.25, -0.2) is 0 Å². The van der Waals surface area contributed by atoms with Crippen molar-refractivity contribution in [1.82, 2.24) is 10.2 Å². The number of benzene rings is 1. The summed E-state index contributed by atoms with van der Waals surface area (Å²) in [4.78, 5) is 2.46. The molecule has 112 valence electrons. The quantitative estimate of drug-likeness (QED) is 0.782. The Morgan fingerprint density at radius 3 is 2.25 bits per heavy atom. The van der Waals surface area contributed by atoms with Crippen molar-refractivity contribution in [2.24, 2.45) is 5.41 Å². The van der Waals surface area contributed by atoms with E-state index in [-0.39, 0.29) is 11.5 Å². The van der Waals surface area contributed by atoms with Crippen LogP contribution >= 0.6 is 31.9 Å². The van der Waals surface area contributed by atoms with Gasteiger partial charge >= 0.3 is 0 Å². The van der Waals surface area contributed by atoms with Crippen molar-refractivity contribution in [3.63, 3.8) is 0 Å². The highest BCUT2D eigenvalue weighted by Gasteiger charge is 2.36. The van der Waals surface area contributed by atoms with Crippen LogP contribution in [0, 0.1) is 5.41 Å². The first-order chi connectivity index (χ1) is 9.32. The molecular formula is C15H22Br2N2O. The van der Waals surface area contributed by atoms with Gasteiger partial charge in [0.1, 0.15) is 5.75 Å². The van der Waals surface area contributed by atoms with E-state index in [1.54, 1.807) is 0 Å². The molecule has 1 heterocycles. The summed E-state index contributed by atoms with van der Waals surface area (Å²) in [7, 11) is 0. The Labute approximate surface area is 138 Å². The Morgan fingerprint density at radius 2 is 1.70 bits per heavy atom. The van der Waals surface area contributed by atoms with Crippen LogP contribution in [0.2, 0.25) is 0 Å². The molecule has 5 heteroatoms. The number of nitrogens with zero attached hydrogens (tertiary/aromatic N) is 1. The van der Waals surface area contributed by atoms with E-state index in [0.717, 1.165) is 40.7 Å². The zero-order chi connectivity index (χ0) is 14.9. The van der Waals surface area contributed by atoms with Crippen molar-refractivity contribution < 1.29 is 5.11 Å². The molecule has 0 saturated carbocycles. The number of phenolic OH excluding ortho intramolecular Hbond substituents is 1. The minimum atomic E-state index is 0.0398. The summed E-state index contributed by atoms with van der Waals surface area (Å²) in [5.74, 6) is 0.345. The molecule has 0 amide bonds. The van der Waals surface area contributed by atoms with Crippen LogP contribution in [0.4, 0.5) is 0 Å². The fraction of sp³-hybridized carbons (Fsp3) is 0.600. The molecule has 1 saturated heterocycles. The fourth-order valence-corrected chi connectivity index (χ4v) is 3.80. The smallest absolute Gasteiger partial charge is 0.135 e. The number of nitrogens with one attached hydrogen (secondary N) is 1. The maximum absolute atomic E-state index is 10.5. The second kappa shape index (κ2) is 6.34. The van der Waals surface area contributed by atoms with Crippen molar-refractivity contribution in [3.8, 4) is 5.75 Å². The lowest BCUT2D eigenvalue weighted by atomic mass is 9.80. The molecule has 1 aromatic carbocycles. The lowest BCUT2D eigenvalue weighted by Gasteiger charge is -2.43. The second-order valence-corrected chi connectivity index (χ2v) is 8.05. The monoisotopic (exact) mass is 404 g/mol. The molecule has 1 aliphatic heterocycles. The maximum atomic E-state index is 10.5. The van der Waals surface area contributed by atoms with Crippen molar-refractivity contribution >= 4 is 31.9 Å². The number of halogens is 2. The Hall–Kier alpha value is -0.100. The SMILES string of the molecule is CC(C)(C)[C@@H](c1c(Br)ccc(Br)c1O)N1CCNCC1. The topological polar surface area (TPSA) is 35.5 Å². The molecule has 1 aromatic rings. The van der Waals surface area contributed by atoms with Crippen molar-refractivity contribution in [2.75, 3.05) is 26.2 Å². The predicted octanol–water partition coefficient (Wildman–Crippen LogP) is 3.91. The van der Waals surface area contributed by atoms with Crippen LogP contribution in [0.1, 0.15) is 32.4 Å². The standard InChI is InChI=1S/C15H22Br2N2O/c1-15(2,3)14(19-8-6-18-7-9-19)12-10(16)4-5-11(17)13(12)20/h4-5,14,18,20H,6-9H2,1-3H3/t14-/m1/s1. The third-order valence-corrected chi connectivity index (χ3v) is 5.06. The van der Waals surface area contributed by atoms with Crippen molar-refractivity contribution in [2.45, 2.75) is 26.8 Å². The number of aromatic hydroxyl groups is 1. The van der Waals surface area contributed by atoms with Gasteiger partial charge in [0.25, 0.3) is 0 Å². The van der Waals surface area contributed by atoms with Gasteiger partial charge in [0, 0.05) is 42.3 Å². The summed E-state index contributed by atoms with van der Waals surface area (Å²) < 4.78 is 1.72. The van der Waals surface area contributed by atoms with Gasteiger partial charge in [-0.3, -0.25) is 4.90 Å². The Morgan fingerprint density at radius 1 is 1.15 bits per heavy atom. The largest absolute Gasteiger partial charge is 0.506 e. The van der Waals surface area contributed by atoms with Crippen molar-refractivity contribution in [3.05, 3.63) is 26.6 Å². The summed E-state index contributed by atoms with van der Waals surface area (Å²) in [5.41, 5.74) is 1.02. The number of piperazine rings is 1. The molecule has 0 bridgehead atoms. The summed E-state index contributed by atoms with van der Waals surface area (Å²) in [6, 6.07) is 4.05. The van der Waals surface area contributed by atoms with Gasteiger partial charge in [0.15, 0.2) is 0 Å². The molecule has 0 radical (unpaired) electrons. The molecule has 0 spiro atoms. The molecule has 0 aromatic heterocycles. The first kappa shape index (κ1) is 16.3. The third-order valence-electron chi connectivity index (χ3n) is 3.73. The van der Waals surface area contributed by atoms with Crippen LogP contribution in [0.25, 0.3) is 0 Å². The van der Waals surface area contributed by atoms with Crippen molar-refractivity contribution in [1.29, 1.82) is 0 Å². The molecule has 1 fully saturated rings. The van der Waals surface area contributed by atoms with Crippen LogP contribution < -0.4 is 5.32 Å². The minimum absolute atomic E-state index is 0.0398. The van der Waals surface area contributed by atoms with Gasteiger partial charge in [0.2, 0.25) is 0 Å². The van der Waals surface area contributed by atoms with Gasteiger partial charge < -0.3 is 10.4 Å². The normalized spacial score (nSPS) is 19.1. The molecule has 3 nitrogen and oxygen atoms in total. The average Bonchev–Trinajstić information content (AvgIpc) is 2.39. The van der Waals surface area contributed by atoms with Gasteiger partial charge in [-0.1, -0.05) is 36.7 Å². The molecule has 20 heavy (non-hydrogen) atoms. The van der Waals surface area contributed by atoms with Crippen LogP contribution in [0.5, 0.6) is 5.75 Å². The Balaban J connectivity index is 2.49. The average molecular weight is 406 g/mol. The van der Waals surface area contributed by atoms with E-state index in [1.165, 1.54) is 0 Å². The summed E-state index contributed by atoms with van der Waals surface area (Å²) in [6.45, 7) is 10.7. The molecular weight excluding hydrogens is 384 g/mol. The van der Waals surface area contributed by atoms with Gasteiger partial charge in [-0.15, -0.1) is 0 Å². The van der Waals surface area contributed by atoms with Gasteiger partial charge in [0.05, 0.1) is 4.47 Å². The van der Waals surface area contributed by atoms with Crippen LogP contribution in [0.15, 0.2) is 21.1 Å². The summed E-state index contributed by atoms with van der Waals surface area (Å²) in [6.07, 6.45) is 0. The van der Waals surface area contributed by atoms with Crippen LogP contribution in [-0.4, -0.2) is 36.2 Å². The summed E-state index contributed by atoms with van der Waals surface area (Å²) in [5, 5.41) is 13.9. The van der Waals surface area contributed by atoms with Gasteiger partial charge in [-0.05, 0) is 33.5 Å². The zero-order valence-corrected chi connectivity index (χ0v) is 15.4. The highest BCUT2D eigenvalue weighted by Crippen LogP contribution is 2.47. The lowest BCUT2D eigenvalue weighted by Crippen LogP contribution is -2.48. The van der Waals surface area contributed by atoms with E-state index in [4.69, 9.17) is 0 Å². The fourth-order valence-electron chi connectivity index (χ4n) is 2.92. The highest BCUT2D eigenvalue weighted by molar-refractivity contribution is 9.11. The predicted molar refractivity (Wildman–Crippen MR) is 90.1 cm³/mol. The second-order valence-electron chi connectivity index (χ2n) is 6.35. The first-order valence-electron chi connectivity index (χ1n) is 6.94. The van der Waals surface area contributed by atoms with Crippen LogP contribution in [0.3, 0.4) is 0 Å². The number of rotatable bonds is 2. The third kappa shape index (κ3) is 3.38. The molecule has 1 aliphatic rings. The number of phenols is 1. The minimum Gasteiger partial charge on any atom is -0.506 e. The molecule has 2 N–H and O–H groups in total. The van der Waals surface area contributed by atoms with Gasteiger partial charge in [-0.2, -0.15) is 0 Å². The van der Waals surface area contributed by atoms with E-state index in [9.17, 15) is 5.11 Å². The maximum Gasteiger partial charge on any atom is 0.135 e. The highest BCUT2D eigenvalue weighted by atomic mass is 79.9. The van der Waals surface area contributed by atoms with E-state index in [2.05, 4.69) is 62.8 Å². The van der Waals surface area contributed by atoms with Crippen LogP contribution in [-0.2, 0) is 0 Å². The van der Waals surface area contributed by atoms with E-state index >= 15 is 0 Å². The molecule has 0 aliphatic carbocycles. The van der Waals surface area contributed by atoms with E-state index in [0.29, 0.717) is 5.75 Å². The zero-order valence-electron chi connectivity index (χ0n) is 12.2. The Bertz CT molecular complexity index is 479. The molecule has 2 rings (SSSR count).